The second-order valence-corrected chi connectivity index (χ2v) is 5.88. The SMILES string of the molecule is NCC(c1ccccc1Br)n1cnc2c1CCCC2. The van der Waals surface area contributed by atoms with Gasteiger partial charge in [-0.1, -0.05) is 34.1 Å². The Labute approximate surface area is 122 Å². The summed E-state index contributed by atoms with van der Waals surface area (Å²) < 4.78 is 3.39. The molecule has 0 spiro atoms. The van der Waals surface area contributed by atoms with Gasteiger partial charge in [-0.15, -0.1) is 0 Å². The Morgan fingerprint density at radius 1 is 1.26 bits per heavy atom. The Morgan fingerprint density at radius 3 is 2.84 bits per heavy atom. The number of nitrogens with zero attached hydrogens (tertiary/aromatic N) is 2. The number of hydrogen-bond acceptors (Lipinski definition) is 2. The predicted octanol–water partition coefficient (Wildman–Crippen LogP) is 3.07. The van der Waals surface area contributed by atoms with E-state index in [1.807, 2.05) is 12.4 Å². The van der Waals surface area contributed by atoms with Crippen molar-refractivity contribution in [1.82, 2.24) is 9.55 Å². The molecule has 0 fully saturated rings. The monoisotopic (exact) mass is 319 g/mol. The molecule has 3 nitrogen and oxygen atoms in total. The van der Waals surface area contributed by atoms with Crippen LogP contribution in [0.1, 0.15) is 35.8 Å². The van der Waals surface area contributed by atoms with Gasteiger partial charge in [0.25, 0.3) is 0 Å². The zero-order chi connectivity index (χ0) is 13.2. The van der Waals surface area contributed by atoms with E-state index in [0.29, 0.717) is 6.54 Å². The summed E-state index contributed by atoms with van der Waals surface area (Å²) in [6.45, 7) is 0.589. The van der Waals surface area contributed by atoms with E-state index in [4.69, 9.17) is 5.73 Å². The van der Waals surface area contributed by atoms with Crippen molar-refractivity contribution >= 4 is 15.9 Å². The normalized spacial score (nSPS) is 16.1. The molecule has 2 aromatic rings. The zero-order valence-electron chi connectivity index (χ0n) is 10.8. The van der Waals surface area contributed by atoms with Crippen LogP contribution in [0.25, 0.3) is 0 Å². The van der Waals surface area contributed by atoms with Crippen LogP contribution in [0.4, 0.5) is 0 Å². The lowest BCUT2D eigenvalue weighted by Crippen LogP contribution is -2.23. The lowest BCUT2D eigenvalue weighted by Gasteiger charge is -2.23. The number of fused-ring (bicyclic) bond motifs is 1. The largest absolute Gasteiger partial charge is 0.328 e. The first kappa shape index (κ1) is 12.9. The Kier molecular flexibility index (Phi) is 3.71. The molecule has 1 aliphatic carbocycles. The Morgan fingerprint density at radius 2 is 2.05 bits per heavy atom. The van der Waals surface area contributed by atoms with Crippen LogP contribution in [-0.2, 0) is 12.8 Å². The maximum atomic E-state index is 6.03. The molecular formula is C15H18BrN3. The zero-order valence-corrected chi connectivity index (χ0v) is 12.4. The molecule has 0 amide bonds. The number of benzene rings is 1. The molecule has 1 atom stereocenters. The van der Waals surface area contributed by atoms with Gasteiger partial charge in [-0.05, 0) is 37.3 Å². The smallest absolute Gasteiger partial charge is 0.0957 e. The molecule has 3 rings (SSSR count). The van der Waals surface area contributed by atoms with Gasteiger partial charge in [-0.25, -0.2) is 4.98 Å². The number of rotatable bonds is 3. The van der Waals surface area contributed by atoms with Gasteiger partial charge in [-0.3, -0.25) is 0 Å². The Bertz CT molecular complexity index is 577. The van der Waals surface area contributed by atoms with Crippen LogP contribution in [-0.4, -0.2) is 16.1 Å². The summed E-state index contributed by atoms with van der Waals surface area (Å²) in [5.74, 6) is 0. The maximum Gasteiger partial charge on any atom is 0.0957 e. The first-order valence-electron chi connectivity index (χ1n) is 6.80. The molecule has 19 heavy (non-hydrogen) atoms. The number of imidazole rings is 1. The molecule has 1 aromatic carbocycles. The highest BCUT2D eigenvalue weighted by Crippen LogP contribution is 2.29. The molecule has 0 bridgehead atoms. The molecule has 2 N–H and O–H groups in total. The lowest BCUT2D eigenvalue weighted by molar-refractivity contribution is 0.545. The van der Waals surface area contributed by atoms with Gasteiger partial charge in [0.05, 0.1) is 18.1 Å². The van der Waals surface area contributed by atoms with Crippen molar-refractivity contribution in [2.45, 2.75) is 31.7 Å². The van der Waals surface area contributed by atoms with Crippen LogP contribution in [0, 0.1) is 0 Å². The maximum absolute atomic E-state index is 6.03. The van der Waals surface area contributed by atoms with Gasteiger partial charge in [0.15, 0.2) is 0 Å². The first-order chi connectivity index (χ1) is 9.31. The van der Waals surface area contributed by atoms with Gasteiger partial charge >= 0.3 is 0 Å². The fourth-order valence-corrected chi connectivity index (χ4v) is 3.45. The van der Waals surface area contributed by atoms with Crippen LogP contribution >= 0.6 is 15.9 Å². The van der Waals surface area contributed by atoms with Gasteiger partial charge in [0, 0.05) is 16.7 Å². The van der Waals surface area contributed by atoms with Crippen molar-refractivity contribution < 1.29 is 0 Å². The van der Waals surface area contributed by atoms with E-state index >= 15 is 0 Å². The minimum Gasteiger partial charge on any atom is -0.328 e. The highest BCUT2D eigenvalue weighted by Gasteiger charge is 2.21. The van der Waals surface area contributed by atoms with Crippen LogP contribution in [0.5, 0.6) is 0 Å². The Hall–Kier alpha value is -1.13. The molecule has 4 heteroatoms. The number of hydrogen-bond donors (Lipinski definition) is 1. The molecule has 0 aliphatic heterocycles. The van der Waals surface area contributed by atoms with Gasteiger partial charge in [-0.2, -0.15) is 0 Å². The highest BCUT2D eigenvalue weighted by atomic mass is 79.9. The summed E-state index contributed by atoms with van der Waals surface area (Å²) in [5.41, 5.74) is 9.89. The number of halogens is 1. The number of aromatic nitrogens is 2. The molecule has 0 radical (unpaired) electrons. The molecule has 1 heterocycles. The summed E-state index contributed by atoms with van der Waals surface area (Å²) in [6.07, 6.45) is 6.71. The average Bonchev–Trinajstić information content (AvgIpc) is 2.86. The fraction of sp³-hybridized carbons (Fsp3) is 0.400. The van der Waals surface area contributed by atoms with E-state index in [9.17, 15) is 0 Å². The third kappa shape index (κ3) is 2.35. The van der Waals surface area contributed by atoms with Crippen LogP contribution in [0.3, 0.4) is 0 Å². The van der Waals surface area contributed by atoms with Gasteiger partial charge in [0.1, 0.15) is 0 Å². The van der Waals surface area contributed by atoms with E-state index in [2.05, 4.69) is 43.7 Å². The van der Waals surface area contributed by atoms with Crippen LogP contribution in [0.2, 0.25) is 0 Å². The standard InChI is InChI=1S/C15H18BrN3/c16-12-6-2-1-5-11(12)15(9-17)19-10-18-13-7-3-4-8-14(13)19/h1-2,5-6,10,15H,3-4,7-9,17H2. The molecule has 0 saturated carbocycles. The quantitative estimate of drug-likeness (QED) is 0.944. The summed E-state index contributed by atoms with van der Waals surface area (Å²) >= 11 is 3.63. The van der Waals surface area contributed by atoms with Crippen LogP contribution < -0.4 is 5.73 Å². The molecular weight excluding hydrogens is 302 g/mol. The molecule has 100 valence electrons. The summed E-state index contributed by atoms with van der Waals surface area (Å²) in [4.78, 5) is 4.57. The highest BCUT2D eigenvalue weighted by molar-refractivity contribution is 9.10. The summed E-state index contributed by atoms with van der Waals surface area (Å²) in [6, 6.07) is 8.47. The molecule has 1 aromatic heterocycles. The van der Waals surface area contributed by atoms with E-state index in [-0.39, 0.29) is 6.04 Å². The third-order valence-electron chi connectivity index (χ3n) is 3.88. The van der Waals surface area contributed by atoms with Crippen LogP contribution in [0.15, 0.2) is 35.1 Å². The van der Waals surface area contributed by atoms with Crippen molar-refractivity contribution in [2.75, 3.05) is 6.54 Å². The second-order valence-electron chi connectivity index (χ2n) is 5.03. The van der Waals surface area contributed by atoms with Crippen molar-refractivity contribution in [3.63, 3.8) is 0 Å². The second kappa shape index (κ2) is 5.47. The first-order valence-corrected chi connectivity index (χ1v) is 7.59. The topological polar surface area (TPSA) is 43.8 Å². The van der Waals surface area contributed by atoms with E-state index in [1.165, 1.54) is 29.8 Å². The van der Waals surface area contributed by atoms with Crippen molar-refractivity contribution in [3.05, 3.63) is 52.0 Å². The average molecular weight is 320 g/mol. The van der Waals surface area contributed by atoms with Gasteiger partial charge in [0.2, 0.25) is 0 Å². The van der Waals surface area contributed by atoms with Crippen molar-refractivity contribution in [3.8, 4) is 0 Å². The Balaban J connectivity index is 2.04. The third-order valence-corrected chi connectivity index (χ3v) is 4.61. The number of nitrogens with two attached hydrogens (primary N) is 1. The minimum atomic E-state index is 0.171. The van der Waals surface area contributed by atoms with E-state index in [1.54, 1.807) is 0 Å². The number of aryl methyl sites for hydroxylation is 1. The summed E-state index contributed by atoms with van der Waals surface area (Å²) in [7, 11) is 0. The molecule has 0 saturated heterocycles. The minimum absolute atomic E-state index is 0.171. The molecule has 1 unspecified atom stereocenters. The fourth-order valence-electron chi connectivity index (χ4n) is 2.90. The summed E-state index contributed by atoms with van der Waals surface area (Å²) in [5, 5.41) is 0. The van der Waals surface area contributed by atoms with Gasteiger partial charge < -0.3 is 10.3 Å². The lowest BCUT2D eigenvalue weighted by atomic mass is 9.99. The predicted molar refractivity (Wildman–Crippen MR) is 80.2 cm³/mol. The van der Waals surface area contributed by atoms with Crippen molar-refractivity contribution in [1.29, 1.82) is 0 Å². The molecule has 1 aliphatic rings. The van der Waals surface area contributed by atoms with Crippen molar-refractivity contribution in [2.24, 2.45) is 5.73 Å². The van der Waals surface area contributed by atoms with E-state index in [0.717, 1.165) is 17.3 Å². The van der Waals surface area contributed by atoms with E-state index < -0.39 is 0 Å².